The molecule has 6 atom stereocenters. The van der Waals surface area contributed by atoms with Crippen molar-refractivity contribution in [2.24, 2.45) is 0 Å². The summed E-state index contributed by atoms with van der Waals surface area (Å²) in [7, 11) is -4.04. The van der Waals surface area contributed by atoms with E-state index in [-0.39, 0.29) is 12.4 Å². The number of aliphatic hydroxyl groups is 2. The first-order valence-corrected chi connectivity index (χ1v) is 12.6. The average molecular weight is 505 g/mol. The zero-order chi connectivity index (χ0) is 25.0. The van der Waals surface area contributed by atoms with E-state index in [0.717, 1.165) is 5.56 Å². The number of hydrogen-bond acceptors (Lipinski definition) is 11. The van der Waals surface area contributed by atoms with Crippen molar-refractivity contribution in [2.45, 2.75) is 62.9 Å². The number of nitrogens with zero attached hydrogens (tertiary/aromatic N) is 4. The fourth-order valence-corrected chi connectivity index (χ4v) is 6.21. The fourth-order valence-electron chi connectivity index (χ4n) is 4.54. The molecule has 2 aliphatic rings. The van der Waals surface area contributed by atoms with Crippen LogP contribution in [-0.4, -0.2) is 59.7 Å². The highest BCUT2D eigenvalue weighted by Gasteiger charge is 2.54. The van der Waals surface area contributed by atoms with Crippen molar-refractivity contribution in [3.63, 3.8) is 0 Å². The molecule has 0 amide bonds. The van der Waals surface area contributed by atoms with Gasteiger partial charge in [-0.15, -0.1) is 0 Å². The lowest BCUT2D eigenvalue weighted by molar-refractivity contribution is -0.0965. The number of rotatable bonds is 5. The molecule has 0 aliphatic carbocycles. The van der Waals surface area contributed by atoms with E-state index in [1.807, 2.05) is 0 Å². The fraction of sp³-hybridized carbons (Fsp3) is 0.500. The van der Waals surface area contributed by atoms with Crippen LogP contribution >= 0.6 is 7.82 Å². The Bertz CT molecular complexity index is 1270. The number of hydrogen-bond donors (Lipinski definition) is 3. The summed E-state index contributed by atoms with van der Waals surface area (Å²) in [5, 5.41) is 22.5. The maximum atomic E-state index is 13.5. The predicted octanol–water partition coefficient (Wildman–Crippen LogP) is 2.50. The van der Waals surface area contributed by atoms with Gasteiger partial charge in [0.2, 0.25) is 0 Å². The van der Waals surface area contributed by atoms with E-state index in [4.69, 9.17) is 24.0 Å². The van der Waals surface area contributed by atoms with Crippen molar-refractivity contribution in [1.82, 2.24) is 19.5 Å². The van der Waals surface area contributed by atoms with Gasteiger partial charge in [0.1, 0.15) is 35.6 Å². The number of nitrogens with two attached hydrogens (primary N) is 1. The van der Waals surface area contributed by atoms with Crippen LogP contribution in [0.25, 0.3) is 11.0 Å². The number of fused-ring (bicyclic) bond motifs is 1. The standard InChI is InChI=1S/C22H28N5O7P/c1-21(2)10-15(13-4-7-24-8-5-13)33-35(30,34-21)31-11-16-17(28)22(3,29)20(32-16)27-9-6-14-18(23)25-12-26-19(14)27/h4-9,12,15-17,20,28-29H,10-11H2,1-3H3,(H2,23,25,26)/t15-,16+,17+,20+,22+,35?/m0/s1. The van der Waals surface area contributed by atoms with Crippen LogP contribution in [0, 0.1) is 0 Å². The van der Waals surface area contributed by atoms with Gasteiger partial charge < -0.3 is 25.3 Å². The van der Waals surface area contributed by atoms with E-state index in [1.54, 1.807) is 55.2 Å². The molecule has 5 heterocycles. The molecular weight excluding hydrogens is 477 g/mol. The molecule has 0 radical (unpaired) electrons. The van der Waals surface area contributed by atoms with Gasteiger partial charge in [0.25, 0.3) is 0 Å². The van der Waals surface area contributed by atoms with Crippen LogP contribution < -0.4 is 5.73 Å². The van der Waals surface area contributed by atoms with Gasteiger partial charge >= 0.3 is 7.82 Å². The molecule has 0 bridgehead atoms. The van der Waals surface area contributed by atoms with Crippen LogP contribution in [0.2, 0.25) is 0 Å². The summed E-state index contributed by atoms with van der Waals surface area (Å²) in [6, 6.07) is 5.25. The zero-order valence-corrected chi connectivity index (χ0v) is 20.4. The number of aliphatic hydroxyl groups excluding tert-OH is 1. The first kappa shape index (κ1) is 24.3. The number of pyridine rings is 1. The van der Waals surface area contributed by atoms with Gasteiger partial charge in [-0.3, -0.25) is 18.6 Å². The first-order valence-electron chi connectivity index (χ1n) is 11.2. The number of nitrogen functional groups attached to an aromatic ring is 1. The van der Waals surface area contributed by atoms with Crippen molar-refractivity contribution in [3.05, 3.63) is 48.7 Å². The molecule has 0 spiro atoms. The summed E-state index contributed by atoms with van der Waals surface area (Å²) in [6.07, 6.45) is 2.69. The second kappa shape index (κ2) is 8.59. The summed E-state index contributed by atoms with van der Waals surface area (Å²) in [6.45, 7) is 4.69. The SMILES string of the molecule is CC1(C)C[C@@H](c2ccncc2)OP(=O)(OC[C@H]2O[C@@H](n3ccc4c(N)ncnc43)[C@](C)(O)[C@@H]2O)O1. The van der Waals surface area contributed by atoms with E-state index in [2.05, 4.69) is 15.0 Å². The van der Waals surface area contributed by atoms with Gasteiger partial charge in [-0.05, 0) is 44.5 Å². The third-order valence-corrected chi connectivity index (χ3v) is 8.01. The Labute approximate surface area is 201 Å². The third kappa shape index (κ3) is 4.47. The molecule has 1 unspecified atom stereocenters. The molecular formula is C22H28N5O7P. The Balaban J connectivity index is 1.34. The predicted molar refractivity (Wildman–Crippen MR) is 124 cm³/mol. The lowest BCUT2D eigenvalue weighted by Gasteiger charge is -2.39. The lowest BCUT2D eigenvalue weighted by atomic mass is 9.96. The maximum absolute atomic E-state index is 13.5. The minimum Gasteiger partial charge on any atom is -0.387 e. The molecule has 2 saturated heterocycles. The maximum Gasteiger partial charge on any atom is 0.476 e. The monoisotopic (exact) mass is 505 g/mol. The molecule has 5 rings (SSSR count). The smallest absolute Gasteiger partial charge is 0.387 e. The summed E-state index contributed by atoms with van der Waals surface area (Å²) in [4.78, 5) is 12.2. The van der Waals surface area contributed by atoms with Crippen LogP contribution in [0.1, 0.15) is 45.1 Å². The molecule has 0 saturated carbocycles. The van der Waals surface area contributed by atoms with Crippen molar-refractivity contribution in [2.75, 3.05) is 12.3 Å². The zero-order valence-electron chi connectivity index (χ0n) is 19.5. The van der Waals surface area contributed by atoms with Crippen molar-refractivity contribution in [1.29, 1.82) is 0 Å². The van der Waals surface area contributed by atoms with E-state index in [9.17, 15) is 14.8 Å². The first-order chi connectivity index (χ1) is 16.5. The molecule has 2 aliphatic heterocycles. The van der Waals surface area contributed by atoms with Gasteiger partial charge in [-0.25, -0.2) is 14.5 Å². The molecule has 3 aromatic heterocycles. The van der Waals surface area contributed by atoms with Gasteiger partial charge in [0, 0.05) is 25.0 Å². The Morgan fingerprint density at radius 2 is 2.00 bits per heavy atom. The number of phosphoric ester groups is 1. The third-order valence-electron chi connectivity index (χ3n) is 6.31. The van der Waals surface area contributed by atoms with E-state index >= 15 is 0 Å². The number of ether oxygens (including phenoxy) is 1. The van der Waals surface area contributed by atoms with Crippen molar-refractivity contribution < 1.29 is 33.1 Å². The Morgan fingerprint density at radius 1 is 1.26 bits per heavy atom. The molecule has 13 heteroatoms. The summed E-state index contributed by atoms with van der Waals surface area (Å²) in [5.74, 6) is 0.280. The molecule has 12 nitrogen and oxygen atoms in total. The van der Waals surface area contributed by atoms with Crippen LogP contribution in [-0.2, 0) is 22.9 Å². The summed E-state index contributed by atoms with van der Waals surface area (Å²) < 4.78 is 38.1. The van der Waals surface area contributed by atoms with Crippen LogP contribution in [0.3, 0.4) is 0 Å². The second-order valence-corrected chi connectivity index (χ2v) is 11.1. The normalized spacial score (nSPS) is 34.9. The van der Waals surface area contributed by atoms with E-state index < -0.39 is 43.6 Å². The highest BCUT2D eigenvalue weighted by molar-refractivity contribution is 7.48. The van der Waals surface area contributed by atoms with Crippen LogP contribution in [0.4, 0.5) is 5.82 Å². The molecule has 4 N–H and O–H groups in total. The van der Waals surface area contributed by atoms with Crippen molar-refractivity contribution >= 4 is 24.7 Å². The molecule has 188 valence electrons. The minimum atomic E-state index is -4.04. The molecule has 2 fully saturated rings. The van der Waals surface area contributed by atoms with E-state index in [1.165, 1.54) is 13.3 Å². The Morgan fingerprint density at radius 3 is 2.74 bits per heavy atom. The van der Waals surface area contributed by atoms with Gasteiger partial charge in [-0.1, -0.05) is 0 Å². The van der Waals surface area contributed by atoms with Gasteiger partial charge in [-0.2, -0.15) is 0 Å². The molecule has 35 heavy (non-hydrogen) atoms. The van der Waals surface area contributed by atoms with Gasteiger partial charge in [0.15, 0.2) is 6.23 Å². The number of aromatic nitrogens is 4. The van der Waals surface area contributed by atoms with E-state index in [0.29, 0.717) is 17.5 Å². The molecule has 0 aromatic carbocycles. The Kier molecular flexibility index (Phi) is 5.96. The second-order valence-electron chi connectivity index (χ2n) is 9.59. The quantitative estimate of drug-likeness (QED) is 0.436. The average Bonchev–Trinajstić information content (AvgIpc) is 3.31. The summed E-state index contributed by atoms with van der Waals surface area (Å²) >= 11 is 0. The number of phosphoric acid groups is 1. The molecule has 3 aromatic rings. The van der Waals surface area contributed by atoms with Crippen LogP contribution in [0.5, 0.6) is 0 Å². The lowest BCUT2D eigenvalue weighted by Crippen LogP contribution is -2.44. The van der Waals surface area contributed by atoms with Crippen molar-refractivity contribution in [3.8, 4) is 0 Å². The minimum absolute atomic E-state index is 0.280. The Hall–Kier alpha value is -2.44. The highest BCUT2D eigenvalue weighted by Crippen LogP contribution is 2.61. The highest BCUT2D eigenvalue weighted by atomic mass is 31.2. The number of anilines is 1. The topological polar surface area (TPSA) is 164 Å². The summed E-state index contributed by atoms with van der Waals surface area (Å²) in [5.41, 5.74) is 4.62. The van der Waals surface area contributed by atoms with Crippen LogP contribution in [0.15, 0.2) is 43.1 Å². The largest absolute Gasteiger partial charge is 0.476 e. The van der Waals surface area contributed by atoms with Gasteiger partial charge in [0.05, 0.1) is 23.7 Å².